The molecule has 5 nitrogen and oxygen atoms in total. The van der Waals surface area contributed by atoms with Crippen LogP contribution in [0.25, 0.3) is 0 Å². The number of hydrogen-bond donors (Lipinski definition) is 1. The quantitative estimate of drug-likeness (QED) is 0.630. The molecular formula is C22H31N5. The van der Waals surface area contributed by atoms with Crippen LogP contribution in [0.2, 0.25) is 0 Å². The van der Waals surface area contributed by atoms with Crippen molar-refractivity contribution in [2.75, 3.05) is 19.6 Å². The van der Waals surface area contributed by atoms with E-state index in [-0.39, 0.29) is 0 Å². The summed E-state index contributed by atoms with van der Waals surface area (Å²) in [5.74, 6) is 2.10. The molecule has 0 radical (unpaired) electrons. The summed E-state index contributed by atoms with van der Waals surface area (Å²) >= 11 is 0. The van der Waals surface area contributed by atoms with Crippen molar-refractivity contribution >= 4 is 5.96 Å². The van der Waals surface area contributed by atoms with Gasteiger partial charge < -0.3 is 14.8 Å². The molecule has 1 aliphatic carbocycles. The molecule has 2 aromatic rings. The number of hydrogen-bond acceptors (Lipinski definition) is 2. The maximum atomic E-state index is 4.93. The van der Waals surface area contributed by atoms with Gasteiger partial charge in [-0.15, -0.1) is 0 Å². The van der Waals surface area contributed by atoms with Crippen molar-refractivity contribution in [2.45, 2.75) is 52.1 Å². The van der Waals surface area contributed by atoms with Gasteiger partial charge in [0.1, 0.15) is 12.4 Å². The molecule has 2 fully saturated rings. The highest BCUT2D eigenvalue weighted by atomic mass is 15.3. The zero-order valence-corrected chi connectivity index (χ0v) is 16.4. The second-order valence-corrected chi connectivity index (χ2v) is 7.97. The lowest BCUT2D eigenvalue weighted by Crippen LogP contribution is -2.42. The number of nitrogens with zero attached hydrogens (tertiary/aromatic N) is 4. The standard InChI is InChI=1S/C22H31N5/c1-2-23-21(27-15-12-22(18-27)10-6-11-22)25-17-20-24-13-16-26(20)14-9-19-7-4-3-5-8-19/h3-5,7-8,13,16H,2,6,9-12,14-15,17-18H2,1H3,(H,23,25). The molecular weight excluding hydrogens is 334 g/mol. The topological polar surface area (TPSA) is 45.5 Å². The Morgan fingerprint density at radius 1 is 1.22 bits per heavy atom. The second kappa shape index (κ2) is 8.15. The Hall–Kier alpha value is -2.30. The number of benzene rings is 1. The largest absolute Gasteiger partial charge is 0.357 e. The molecule has 5 heteroatoms. The molecule has 1 aromatic heterocycles. The third kappa shape index (κ3) is 4.18. The molecule has 1 saturated heterocycles. The molecule has 0 unspecified atom stereocenters. The summed E-state index contributed by atoms with van der Waals surface area (Å²) in [5, 5.41) is 3.49. The zero-order chi connectivity index (χ0) is 18.5. The van der Waals surface area contributed by atoms with Crippen molar-refractivity contribution in [1.29, 1.82) is 0 Å². The van der Waals surface area contributed by atoms with Crippen molar-refractivity contribution < 1.29 is 0 Å². The van der Waals surface area contributed by atoms with Crippen LogP contribution < -0.4 is 5.32 Å². The average Bonchev–Trinajstić information content (AvgIpc) is 3.31. The first-order chi connectivity index (χ1) is 13.3. The lowest BCUT2D eigenvalue weighted by Gasteiger charge is -2.38. The van der Waals surface area contributed by atoms with Crippen molar-refractivity contribution in [2.24, 2.45) is 10.4 Å². The first kappa shape index (κ1) is 18.1. The predicted octanol–water partition coefficient (Wildman–Crippen LogP) is 3.47. The van der Waals surface area contributed by atoms with Gasteiger partial charge in [0.05, 0.1) is 0 Å². The van der Waals surface area contributed by atoms with Crippen molar-refractivity contribution in [3.63, 3.8) is 0 Å². The molecule has 2 heterocycles. The SMILES string of the molecule is CCNC(=NCc1nccn1CCc1ccccc1)N1CCC2(CCC2)C1. The molecule has 1 spiro atoms. The van der Waals surface area contributed by atoms with Crippen LogP contribution in [0.5, 0.6) is 0 Å². The fourth-order valence-corrected chi connectivity index (χ4v) is 4.36. The maximum Gasteiger partial charge on any atom is 0.194 e. The van der Waals surface area contributed by atoms with E-state index in [1.165, 1.54) is 37.8 Å². The molecule has 1 N–H and O–H groups in total. The number of aryl methyl sites for hydroxylation is 2. The third-order valence-electron chi connectivity index (χ3n) is 6.14. The van der Waals surface area contributed by atoms with Crippen molar-refractivity contribution in [3.8, 4) is 0 Å². The second-order valence-electron chi connectivity index (χ2n) is 7.97. The zero-order valence-electron chi connectivity index (χ0n) is 16.4. The lowest BCUT2D eigenvalue weighted by atomic mass is 9.68. The van der Waals surface area contributed by atoms with Crippen molar-refractivity contribution in [3.05, 3.63) is 54.1 Å². The summed E-state index contributed by atoms with van der Waals surface area (Å²) in [6.45, 7) is 6.93. The molecule has 1 saturated carbocycles. The fraction of sp³-hybridized carbons (Fsp3) is 0.545. The summed E-state index contributed by atoms with van der Waals surface area (Å²) < 4.78 is 2.23. The Morgan fingerprint density at radius 2 is 2.07 bits per heavy atom. The summed E-state index contributed by atoms with van der Waals surface area (Å²) in [6, 6.07) is 10.6. The Balaban J connectivity index is 1.39. The van der Waals surface area contributed by atoms with Crippen LogP contribution in [0.3, 0.4) is 0 Å². The number of nitrogens with one attached hydrogen (secondary N) is 1. The molecule has 27 heavy (non-hydrogen) atoms. The molecule has 144 valence electrons. The van der Waals surface area contributed by atoms with Gasteiger partial charge in [-0.1, -0.05) is 36.8 Å². The minimum absolute atomic E-state index is 0.588. The van der Waals surface area contributed by atoms with Gasteiger partial charge in [0.15, 0.2) is 5.96 Å². The molecule has 0 bridgehead atoms. The van der Waals surface area contributed by atoms with E-state index in [1.54, 1.807) is 0 Å². The summed E-state index contributed by atoms with van der Waals surface area (Å²) in [5.41, 5.74) is 1.95. The van der Waals surface area contributed by atoms with Gasteiger partial charge in [0, 0.05) is 38.6 Å². The van der Waals surface area contributed by atoms with Gasteiger partial charge in [-0.3, -0.25) is 0 Å². The highest BCUT2D eigenvalue weighted by molar-refractivity contribution is 5.80. The van der Waals surface area contributed by atoms with Crippen molar-refractivity contribution in [1.82, 2.24) is 19.8 Å². The number of guanidine groups is 1. The smallest absolute Gasteiger partial charge is 0.194 e. The summed E-state index contributed by atoms with van der Waals surface area (Å²) in [7, 11) is 0. The number of aliphatic imine (C=N–C) groups is 1. The number of aromatic nitrogens is 2. The first-order valence-electron chi connectivity index (χ1n) is 10.4. The van der Waals surface area contributed by atoms with E-state index < -0.39 is 0 Å². The Labute approximate surface area is 162 Å². The van der Waals surface area contributed by atoms with Crippen LogP contribution >= 0.6 is 0 Å². The van der Waals surface area contributed by atoms with E-state index in [4.69, 9.17) is 4.99 Å². The fourth-order valence-electron chi connectivity index (χ4n) is 4.36. The summed E-state index contributed by atoms with van der Waals surface area (Å²) in [4.78, 5) is 11.9. The highest BCUT2D eigenvalue weighted by Crippen LogP contribution is 2.47. The molecule has 4 rings (SSSR count). The molecule has 2 aliphatic rings. The van der Waals surface area contributed by atoms with Gasteiger partial charge >= 0.3 is 0 Å². The number of rotatable bonds is 6. The van der Waals surface area contributed by atoms with Gasteiger partial charge in [-0.25, -0.2) is 9.98 Å². The minimum atomic E-state index is 0.588. The Bertz CT molecular complexity index is 760. The molecule has 1 aliphatic heterocycles. The minimum Gasteiger partial charge on any atom is -0.357 e. The van der Waals surface area contributed by atoms with E-state index >= 15 is 0 Å². The predicted molar refractivity (Wildman–Crippen MR) is 110 cm³/mol. The van der Waals surface area contributed by atoms with E-state index in [0.29, 0.717) is 12.0 Å². The molecule has 1 aromatic carbocycles. The van der Waals surface area contributed by atoms with Gasteiger partial charge in [0.25, 0.3) is 0 Å². The molecule has 0 atom stereocenters. The molecule has 0 amide bonds. The van der Waals surface area contributed by atoms with E-state index in [2.05, 4.69) is 63.2 Å². The van der Waals surface area contributed by atoms with Gasteiger partial charge in [-0.2, -0.15) is 0 Å². The Kier molecular flexibility index (Phi) is 5.46. The van der Waals surface area contributed by atoms with E-state index in [0.717, 1.165) is 37.8 Å². The monoisotopic (exact) mass is 365 g/mol. The number of imidazole rings is 1. The maximum absolute atomic E-state index is 4.93. The third-order valence-corrected chi connectivity index (χ3v) is 6.14. The van der Waals surface area contributed by atoms with Gasteiger partial charge in [0.2, 0.25) is 0 Å². The van der Waals surface area contributed by atoms with E-state index in [9.17, 15) is 0 Å². The van der Waals surface area contributed by atoms with E-state index in [1.807, 2.05) is 6.20 Å². The van der Waals surface area contributed by atoms with Crippen LogP contribution in [0.1, 0.15) is 44.0 Å². The lowest BCUT2D eigenvalue weighted by molar-refractivity contribution is 0.151. The first-order valence-corrected chi connectivity index (χ1v) is 10.4. The number of likely N-dealkylation sites (tertiary alicyclic amines) is 1. The van der Waals surface area contributed by atoms with Crippen LogP contribution in [0.4, 0.5) is 0 Å². The van der Waals surface area contributed by atoms with Crippen LogP contribution in [0, 0.1) is 5.41 Å². The highest BCUT2D eigenvalue weighted by Gasteiger charge is 2.43. The normalized spacial score (nSPS) is 18.7. The van der Waals surface area contributed by atoms with Gasteiger partial charge in [-0.05, 0) is 43.6 Å². The van der Waals surface area contributed by atoms with Crippen LogP contribution in [-0.4, -0.2) is 40.0 Å². The van der Waals surface area contributed by atoms with Crippen LogP contribution in [-0.2, 0) is 19.5 Å². The summed E-state index contributed by atoms with van der Waals surface area (Å²) in [6.07, 6.45) is 10.5. The van der Waals surface area contributed by atoms with Crippen LogP contribution in [0.15, 0.2) is 47.7 Å². The average molecular weight is 366 g/mol. The Morgan fingerprint density at radius 3 is 2.78 bits per heavy atom.